The van der Waals surface area contributed by atoms with Crippen LogP contribution in [-0.4, -0.2) is 26.6 Å². The molecule has 0 rings (SSSR count). The molecule has 0 aliphatic rings. The van der Waals surface area contributed by atoms with Crippen LogP contribution < -0.4 is 0 Å². The summed E-state index contributed by atoms with van der Waals surface area (Å²) in [5, 5.41) is 0. The second kappa shape index (κ2) is 8.94. The van der Waals surface area contributed by atoms with Gasteiger partial charge in [0, 0.05) is 6.54 Å². The summed E-state index contributed by atoms with van der Waals surface area (Å²) in [5.41, 5.74) is 0. The third-order valence-electron chi connectivity index (χ3n) is 2.74. The lowest BCUT2D eigenvalue weighted by Gasteiger charge is -2.41. The highest BCUT2D eigenvalue weighted by atomic mass is 35.7. The summed E-state index contributed by atoms with van der Waals surface area (Å²) >= 11 is 12.5. The van der Waals surface area contributed by atoms with E-state index in [4.69, 9.17) is 22.2 Å². The van der Waals surface area contributed by atoms with Crippen LogP contribution in [0.2, 0.25) is 18.1 Å². The fourth-order valence-electron chi connectivity index (χ4n) is 2.03. The molecule has 0 unspecified atom stereocenters. The molecule has 0 saturated heterocycles. The largest absolute Gasteiger partial charge is 0.320 e. The van der Waals surface area contributed by atoms with Crippen LogP contribution >= 0.6 is 22.2 Å². The van der Waals surface area contributed by atoms with E-state index in [2.05, 4.69) is 30.5 Å². The van der Waals surface area contributed by atoms with Crippen LogP contribution in [0.5, 0.6) is 0 Å². The number of hydrogen-bond donors (Lipinski definition) is 0. The summed E-state index contributed by atoms with van der Waals surface area (Å²) in [6.45, 7) is 16.1. The molecule has 0 N–H and O–H groups in total. The normalized spacial score (nSPS) is 11.5. The molecule has 0 aliphatic heterocycles. The predicted molar refractivity (Wildman–Crippen MR) is 86.5 cm³/mol. The van der Waals surface area contributed by atoms with Crippen LogP contribution in [0.4, 0.5) is 0 Å². The molecule has 0 aromatic carbocycles. The Hall–Kier alpha value is -0.0662. The molecule has 0 bridgehead atoms. The summed E-state index contributed by atoms with van der Waals surface area (Å²) < 4.78 is 2.27. The summed E-state index contributed by atoms with van der Waals surface area (Å²) in [4.78, 5) is 0. The predicted octanol–water partition coefficient (Wildman–Crippen LogP) is 4.17. The average Bonchev–Trinajstić information content (AvgIpc) is 2.26. The van der Waals surface area contributed by atoms with Crippen LogP contribution in [0, 0.1) is 0 Å². The first-order valence-electron chi connectivity index (χ1n) is 5.56. The highest BCUT2D eigenvalue weighted by Gasteiger charge is 2.39. The van der Waals surface area contributed by atoms with Crippen molar-refractivity contribution in [2.24, 2.45) is 0 Å². The maximum Gasteiger partial charge on any atom is 0.303 e. The molecule has 0 saturated carbocycles. The maximum atomic E-state index is 6.23. The molecule has 0 aromatic rings. The number of nitrogens with zero attached hydrogens (tertiary/aromatic N) is 1. The highest BCUT2D eigenvalue weighted by molar-refractivity contribution is 7.34. The zero-order chi connectivity index (χ0) is 13.3. The van der Waals surface area contributed by atoms with Crippen molar-refractivity contribution in [3.05, 3.63) is 50.6 Å². The minimum absolute atomic E-state index is 0.742. The molecule has 17 heavy (non-hydrogen) atoms. The standard InChI is InChI=1S/C12H21Cl2NSi2/c1-5-9-15(16(13)14)17(10-6-2,11-7-3)12-8-4/h5-8,16H,1-4,9-12H2. The number of hydrogen-bond acceptors (Lipinski definition) is 1. The Morgan fingerprint density at radius 3 is 1.53 bits per heavy atom. The van der Waals surface area contributed by atoms with E-state index in [1.807, 2.05) is 24.3 Å². The Kier molecular flexibility index (Phi) is 8.91. The second-order valence-corrected chi connectivity index (χ2v) is 13.0. The minimum Gasteiger partial charge on any atom is -0.320 e. The zero-order valence-electron chi connectivity index (χ0n) is 10.2. The Morgan fingerprint density at radius 2 is 1.29 bits per heavy atom. The third-order valence-corrected chi connectivity index (χ3v) is 12.8. The smallest absolute Gasteiger partial charge is 0.303 e. The fraction of sp³-hybridized carbons (Fsp3) is 0.333. The first-order chi connectivity index (χ1) is 8.07. The Bertz CT molecular complexity index is 253. The van der Waals surface area contributed by atoms with Crippen LogP contribution in [0.1, 0.15) is 0 Å². The number of halogens is 2. The van der Waals surface area contributed by atoms with Gasteiger partial charge in [0.25, 0.3) is 0 Å². The summed E-state index contributed by atoms with van der Waals surface area (Å²) in [7, 11) is -3.70. The molecule has 0 radical (unpaired) electrons. The molecule has 0 aromatic heterocycles. The van der Waals surface area contributed by atoms with Gasteiger partial charge in [-0.3, -0.25) is 0 Å². The van der Waals surface area contributed by atoms with Crippen LogP contribution in [0.25, 0.3) is 0 Å². The van der Waals surface area contributed by atoms with E-state index < -0.39 is 15.8 Å². The van der Waals surface area contributed by atoms with E-state index in [1.54, 1.807) is 0 Å². The SMILES string of the molecule is C=CCN([SiH](Cl)Cl)[Si](CC=C)(CC=C)CC=C. The Morgan fingerprint density at radius 1 is 0.882 bits per heavy atom. The number of rotatable bonds is 10. The lowest BCUT2D eigenvalue weighted by Crippen LogP contribution is -2.56. The van der Waals surface area contributed by atoms with E-state index in [0.29, 0.717) is 0 Å². The van der Waals surface area contributed by atoms with Crippen molar-refractivity contribution >= 4 is 38.0 Å². The van der Waals surface area contributed by atoms with Crippen molar-refractivity contribution in [2.45, 2.75) is 18.1 Å². The van der Waals surface area contributed by atoms with Gasteiger partial charge in [-0.15, -0.1) is 48.5 Å². The van der Waals surface area contributed by atoms with Gasteiger partial charge in [-0.1, -0.05) is 24.3 Å². The first-order valence-corrected chi connectivity index (χ1v) is 12.1. The molecule has 0 heterocycles. The van der Waals surface area contributed by atoms with Gasteiger partial charge in [0.1, 0.15) is 8.24 Å². The van der Waals surface area contributed by atoms with E-state index in [1.165, 1.54) is 0 Å². The Balaban J connectivity index is 5.28. The van der Waals surface area contributed by atoms with E-state index in [9.17, 15) is 0 Å². The molecular weight excluding hydrogens is 285 g/mol. The van der Waals surface area contributed by atoms with Crippen molar-refractivity contribution < 1.29 is 0 Å². The van der Waals surface area contributed by atoms with Gasteiger partial charge in [-0.05, 0) is 18.1 Å². The Labute approximate surface area is 117 Å². The lowest BCUT2D eigenvalue weighted by molar-refractivity contribution is 0.709. The van der Waals surface area contributed by atoms with Crippen LogP contribution in [0.3, 0.4) is 0 Å². The third kappa shape index (κ3) is 4.98. The van der Waals surface area contributed by atoms with Crippen LogP contribution in [-0.2, 0) is 0 Å². The molecule has 96 valence electrons. The maximum absolute atomic E-state index is 6.23. The summed E-state index contributed by atoms with van der Waals surface area (Å²) in [6, 6.07) is 2.84. The zero-order valence-corrected chi connectivity index (χ0v) is 13.9. The molecular formula is C12H21Cl2NSi2. The van der Waals surface area contributed by atoms with Gasteiger partial charge in [0.05, 0.1) is 0 Å². The second-order valence-electron chi connectivity index (χ2n) is 3.92. The van der Waals surface area contributed by atoms with Gasteiger partial charge in [-0.2, -0.15) is 0 Å². The number of allylic oxidation sites excluding steroid dienone is 3. The molecule has 0 fully saturated rings. The molecule has 1 nitrogen and oxygen atoms in total. The fourth-order valence-corrected chi connectivity index (χ4v) is 12.5. The lowest BCUT2D eigenvalue weighted by atomic mass is 10.7. The topological polar surface area (TPSA) is 3.24 Å². The molecule has 0 aliphatic carbocycles. The van der Waals surface area contributed by atoms with E-state index in [0.717, 1.165) is 24.7 Å². The van der Waals surface area contributed by atoms with Gasteiger partial charge in [0.2, 0.25) is 0 Å². The van der Waals surface area contributed by atoms with Crippen molar-refractivity contribution in [1.29, 1.82) is 0 Å². The van der Waals surface area contributed by atoms with Crippen molar-refractivity contribution in [3.8, 4) is 0 Å². The first kappa shape index (κ1) is 16.9. The molecule has 0 amide bonds. The van der Waals surface area contributed by atoms with Crippen LogP contribution in [0.15, 0.2) is 50.6 Å². The van der Waals surface area contributed by atoms with Gasteiger partial charge in [-0.25, -0.2) is 0 Å². The van der Waals surface area contributed by atoms with E-state index >= 15 is 0 Å². The van der Waals surface area contributed by atoms with Gasteiger partial charge < -0.3 is 4.23 Å². The van der Waals surface area contributed by atoms with Gasteiger partial charge in [0.15, 0.2) is 0 Å². The van der Waals surface area contributed by atoms with Crippen molar-refractivity contribution in [1.82, 2.24) is 4.23 Å². The van der Waals surface area contributed by atoms with Crippen molar-refractivity contribution in [3.63, 3.8) is 0 Å². The molecule has 0 spiro atoms. The monoisotopic (exact) mass is 305 g/mol. The quantitative estimate of drug-likeness (QED) is 0.332. The highest BCUT2D eigenvalue weighted by Crippen LogP contribution is 2.29. The van der Waals surface area contributed by atoms with E-state index in [-0.39, 0.29) is 0 Å². The molecule has 0 atom stereocenters. The summed E-state index contributed by atoms with van der Waals surface area (Å²) in [6.07, 6.45) is 7.74. The van der Waals surface area contributed by atoms with Gasteiger partial charge >= 0.3 is 7.58 Å². The summed E-state index contributed by atoms with van der Waals surface area (Å²) in [5.74, 6) is 0. The van der Waals surface area contributed by atoms with Crippen molar-refractivity contribution in [2.75, 3.05) is 6.54 Å². The molecule has 5 heteroatoms. The minimum atomic E-state index is -1.90. The average molecular weight is 306 g/mol.